The molecule has 106 valence electrons. The van der Waals surface area contributed by atoms with Gasteiger partial charge in [-0.25, -0.2) is 0 Å². The number of hydrogen-bond acceptors (Lipinski definition) is 4. The van der Waals surface area contributed by atoms with Gasteiger partial charge in [0.2, 0.25) is 0 Å². The van der Waals surface area contributed by atoms with Crippen molar-refractivity contribution in [2.24, 2.45) is 0 Å². The Morgan fingerprint density at radius 3 is 2.84 bits per heavy atom. The molecule has 0 saturated heterocycles. The van der Waals surface area contributed by atoms with Crippen LogP contribution in [0.3, 0.4) is 0 Å². The van der Waals surface area contributed by atoms with Crippen molar-refractivity contribution in [1.82, 2.24) is 10.3 Å². The molecule has 0 bridgehead atoms. The minimum Gasteiger partial charge on any atom is -0.387 e. The van der Waals surface area contributed by atoms with Crippen LogP contribution in [0, 0.1) is 0 Å². The molecule has 19 heavy (non-hydrogen) atoms. The molecule has 0 radical (unpaired) electrons. The number of carbonyl (C=O) groups is 1. The van der Waals surface area contributed by atoms with Crippen LogP contribution in [0.25, 0.3) is 0 Å². The summed E-state index contributed by atoms with van der Waals surface area (Å²) in [7, 11) is 1.80. The molecular weight excluding hydrogens is 258 g/mol. The molecule has 0 aliphatic rings. The topological polar surface area (TPSA) is 54.0 Å². The summed E-state index contributed by atoms with van der Waals surface area (Å²) < 4.78 is 0. The molecule has 2 N–H and O–H groups in total. The summed E-state index contributed by atoms with van der Waals surface area (Å²) in [6.07, 6.45) is 10.1. The molecule has 1 rings (SSSR count). The van der Waals surface area contributed by atoms with Crippen molar-refractivity contribution in [1.29, 1.82) is 0 Å². The van der Waals surface area contributed by atoms with Gasteiger partial charge in [0, 0.05) is 31.7 Å². The molecule has 1 aromatic heterocycles. The van der Waals surface area contributed by atoms with E-state index in [1.54, 1.807) is 25.5 Å². The summed E-state index contributed by atoms with van der Waals surface area (Å²) in [4.78, 5) is 16.0. The van der Waals surface area contributed by atoms with Crippen molar-refractivity contribution in [3.05, 3.63) is 24.0 Å². The fraction of sp³-hybridized carbons (Fsp3) is 0.571. The highest BCUT2D eigenvalue weighted by Gasteiger charge is 2.09. The second-order valence-corrected chi connectivity index (χ2v) is 5.32. The monoisotopic (exact) mass is 281 g/mol. The lowest BCUT2D eigenvalue weighted by atomic mass is 10.2. The predicted octanol–water partition coefficient (Wildman–Crippen LogP) is 2.78. The molecule has 1 aromatic rings. The first-order valence-corrected chi connectivity index (χ1v) is 8.08. The Kier molecular flexibility index (Phi) is 8.05. The highest BCUT2D eigenvalue weighted by Crippen LogP contribution is 2.12. The third kappa shape index (κ3) is 5.96. The molecule has 0 atom stereocenters. The van der Waals surface area contributed by atoms with Crippen LogP contribution in [0.5, 0.6) is 0 Å². The molecule has 5 heteroatoms. The van der Waals surface area contributed by atoms with Crippen molar-refractivity contribution in [2.75, 3.05) is 30.9 Å². The van der Waals surface area contributed by atoms with Gasteiger partial charge in [0.15, 0.2) is 0 Å². The fourth-order valence-corrected chi connectivity index (χ4v) is 2.31. The summed E-state index contributed by atoms with van der Waals surface area (Å²) >= 11 is 1.89. The number of amides is 1. The van der Waals surface area contributed by atoms with Crippen LogP contribution in [0.1, 0.15) is 36.0 Å². The largest absolute Gasteiger partial charge is 0.387 e. The van der Waals surface area contributed by atoms with Gasteiger partial charge in [-0.2, -0.15) is 11.8 Å². The first-order chi connectivity index (χ1) is 9.29. The quantitative estimate of drug-likeness (QED) is 0.683. The molecule has 0 saturated carbocycles. The van der Waals surface area contributed by atoms with Gasteiger partial charge in [0.1, 0.15) is 0 Å². The van der Waals surface area contributed by atoms with Crippen molar-refractivity contribution < 1.29 is 4.79 Å². The van der Waals surface area contributed by atoms with Crippen LogP contribution in [0.2, 0.25) is 0 Å². The van der Waals surface area contributed by atoms with Gasteiger partial charge < -0.3 is 10.6 Å². The molecular formula is C14H23N3OS. The second kappa shape index (κ2) is 9.67. The Balaban J connectivity index is 2.24. The summed E-state index contributed by atoms with van der Waals surface area (Å²) in [5, 5.41) is 5.94. The van der Waals surface area contributed by atoms with Crippen LogP contribution in [0.15, 0.2) is 18.5 Å². The number of thioether (sulfide) groups is 1. The van der Waals surface area contributed by atoms with Gasteiger partial charge in [0.05, 0.1) is 5.56 Å². The zero-order chi connectivity index (χ0) is 13.9. The average Bonchev–Trinajstić information content (AvgIpc) is 2.46. The van der Waals surface area contributed by atoms with Crippen molar-refractivity contribution >= 4 is 23.4 Å². The third-order valence-electron chi connectivity index (χ3n) is 2.90. The maximum absolute atomic E-state index is 12.0. The van der Waals surface area contributed by atoms with E-state index in [2.05, 4.69) is 21.9 Å². The maximum Gasteiger partial charge on any atom is 0.254 e. The molecule has 0 fully saturated rings. The number of hydrogen-bond donors (Lipinski definition) is 2. The average molecular weight is 281 g/mol. The van der Waals surface area contributed by atoms with E-state index < -0.39 is 0 Å². The van der Waals surface area contributed by atoms with Gasteiger partial charge in [-0.05, 0) is 30.9 Å². The number of rotatable bonds is 9. The SMILES string of the molecule is CNc1ccncc1C(=O)NCCCCCCSC. The molecule has 0 aromatic carbocycles. The Morgan fingerprint density at radius 1 is 1.32 bits per heavy atom. The lowest BCUT2D eigenvalue weighted by molar-refractivity contribution is 0.0953. The second-order valence-electron chi connectivity index (χ2n) is 4.33. The zero-order valence-electron chi connectivity index (χ0n) is 11.7. The van der Waals surface area contributed by atoms with Crippen molar-refractivity contribution in [3.8, 4) is 0 Å². The van der Waals surface area contributed by atoms with E-state index in [1.807, 2.05) is 11.8 Å². The van der Waals surface area contributed by atoms with E-state index in [0.717, 1.165) is 18.7 Å². The van der Waals surface area contributed by atoms with Crippen LogP contribution < -0.4 is 10.6 Å². The Morgan fingerprint density at radius 2 is 2.11 bits per heavy atom. The summed E-state index contributed by atoms with van der Waals surface area (Å²) in [5.41, 5.74) is 1.42. The summed E-state index contributed by atoms with van der Waals surface area (Å²) in [6.45, 7) is 0.732. The van der Waals surface area contributed by atoms with E-state index in [4.69, 9.17) is 0 Å². The van der Waals surface area contributed by atoms with Crippen molar-refractivity contribution in [2.45, 2.75) is 25.7 Å². The predicted molar refractivity (Wildman–Crippen MR) is 83.0 cm³/mol. The minimum atomic E-state index is -0.0541. The standard InChI is InChI=1S/C14H23N3OS/c1-15-13-7-9-16-11-12(13)14(18)17-8-5-3-4-6-10-19-2/h7,9,11H,3-6,8,10H2,1-2H3,(H,15,16)(H,17,18). The third-order valence-corrected chi connectivity index (χ3v) is 3.59. The lowest BCUT2D eigenvalue weighted by Crippen LogP contribution is -2.25. The van der Waals surface area contributed by atoms with E-state index in [1.165, 1.54) is 25.0 Å². The van der Waals surface area contributed by atoms with E-state index >= 15 is 0 Å². The van der Waals surface area contributed by atoms with Gasteiger partial charge in [-0.15, -0.1) is 0 Å². The van der Waals surface area contributed by atoms with E-state index in [0.29, 0.717) is 5.56 Å². The summed E-state index contributed by atoms with van der Waals surface area (Å²) in [6, 6.07) is 1.80. The molecule has 0 aliphatic carbocycles. The van der Waals surface area contributed by atoms with Crippen LogP contribution >= 0.6 is 11.8 Å². The Bertz CT molecular complexity index is 385. The Hall–Kier alpha value is -1.23. The molecule has 4 nitrogen and oxygen atoms in total. The van der Waals surface area contributed by atoms with Crippen LogP contribution in [-0.4, -0.2) is 36.5 Å². The lowest BCUT2D eigenvalue weighted by Gasteiger charge is -2.09. The van der Waals surface area contributed by atoms with Crippen molar-refractivity contribution in [3.63, 3.8) is 0 Å². The number of anilines is 1. The highest BCUT2D eigenvalue weighted by atomic mass is 32.2. The van der Waals surface area contributed by atoms with Gasteiger partial charge in [0.25, 0.3) is 5.91 Å². The van der Waals surface area contributed by atoms with Gasteiger partial charge >= 0.3 is 0 Å². The van der Waals surface area contributed by atoms with Crippen LogP contribution in [0.4, 0.5) is 5.69 Å². The molecule has 1 amide bonds. The van der Waals surface area contributed by atoms with E-state index in [9.17, 15) is 4.79 Å². The van der Waals surface area contributed by atoms with E-state index in [-0.39, 0.29) is 5.91 Å². The maximum atomic E-state index is 12.0. The highest BCUT2D eigenvalue weighted by molar-refractivity contribution is 7.98. The number of unbranched alkanes of at least 4 members (excludes halogenated alkanes) is 3. The molecule has 0 aliphatic heterocycles. The number of carbonyl (C=O) groups excluding carboxylic acids is 1. The smallest absolute Gasteiger partial charge is 0.254 e. The number of nitrogens with zero attached hydrogens (tertiary/aromatic N) is 1. The first kappa shape index (κ1) is 15.8. The Labute approximate surface area is 119 Å². The number of pyridine rings is 1. The summed E-state index contributed by atoms with van der Waals surface area (Å²) in [5.74, 6) is 1.18. The first-order valence-electron chi connectivity index (χ1n) is 6.68. The van der Waals surface area contributed by atoms with Crippen LogP contribution in [-0.2, 0) is 0 Å². The molecule has 0 spiro atoms. The zero-order valence-corrected chi connectivity index (χ0v) is 12.6. The molecule has 0 unspecified atom stereocenters. The molecule has 1 heterocycles. The minimum absolute atomic E-state index is 0.0541. The number of nitrogens with one attached hydrogen (secondary N) is 2. The number of aromatic nitrogens is 1. The van der Waals surface area contributed by atoms with Gasteiger partial charge in [-0.3, -0.25) is 9.78 Å². The fourth-order valence-electron chi connectivity index (χ4n) is 1.82. The normalized spacial score (nSPS) is 10.2. The van der Waals surface area contributed by atoms with Gasteiger partial charge in [-0.1, -0.05) is 12.8 Å².